The third kappa shape index (κ3) is 2.56. The van der Waals surface area contributed by atoms with Crippen molar-refractivity contribution >= 4 is 18.0 Å². The van der Waals surface area contributed by atoms with Gasteiger partial charge in [-0.1, -0.05) is 17.8 Å². The van der Waals surface area contributed by atoms with Crippen LogP contribution < -0.4 is 0 Å². The summed E-state index contributed by atoms with van der Waals surface area (Å²) in [7, 11) is 0. The van der Waals surface area contributed by atoms with E-state index < -0.39 is 0 Å². The molecule has 0 amide bonds. The Morgan fingerprint density at radius 3 is 2.84 bits per heavy atom. The number of carbonyl (C=O) groups is 1. The van der Waals surface area contributed by atoms with E-state index in [4.69, 9.17) is 0 Å². The van der Waals surface area contributed by atoms with Crippen LogP contribution in [0.1, 0.15) is 33.5 Å². The predicted octanol–water partition coefficient (Wildman–Crippen LogP) is 3.84. The first-order valence-electron chi connectivity index (χ1n) is 6.48. The van der Waals surface area contributed by atoms with Crippen molar-refractivity contribution in [3.63, 3.8) is 0 Å². The molecule has 0 spiro atoms. The zero-order valence-electron chi connectivity index (χ0n) is 10.8. The Bertz CT molecular complexity index is 637. The highest BCUT2D eigenvalue weighted by Gasteiger charge is 2.12. The van der Waals surface area contributed by atoms with E-state index in [2.05, 4.69) is 23.2 Å². The first kappa shape index (κ1) is 12.4. The first-order valence-corrected chi connectivity index (χ1v) is 7.29. The van der Waals surface area contributed by atoms with E-state index in [1.54, 1.807) is 18.0 Å². The van der Waals surface area contributed by atoms with E-state index in [9.17, 15) is 4.79 Å². The molecule has 1 aromatic carbocycles. The van der Waals surface area contributed by atoms with Crippen LogP contribution in [0.4, 0.5) is 0 Å². The Morgan fingerprint density at radius 1 is 1.21 bits per heavy atom. The lowest BCUT2D eigenvalue weighted by molar-refractivity contribution is 0.112. The van der Waals surface area contributed by atoms with Crippen molar-refractivity contribution in [3.05, 3.63) is 52.7 Å². The first-order chi connectivity index (χ1) is 9.26. The number of benzene rings is 1. The molecule has 96 valence electrons. The molecule has 3 heteroatoms. The standard InChI is InChI=1S/C16H15NOS/c1-11-7-12(10-18)9-17-16(11)19-15-6-5-13-3-2-4-14(13)8-15/h5-10H,2-4H2,1H3. The van der Waals surface area contributed by atoms with Gasteiger partial charge in [-0.05, 0) is 61.1 Å². The Balaban J connectivity index is 1.87. The Hall–Kier alpha value is -1.61. The maximum atomic E-state index is 10.7. The average molecular weight is 269 g/mol. The van der Waals surface area contributed by atoms with Gasteiger partial charge in [0.2, 0.25) is 0 Å². The minimum Gasteiger partial charge on any atom is -0.298 e. The summed E-state index contributed by atoms with van der Waals surface area (Å²) >= 11 is 1.67. The van der Waals surface area contributed by atoms with Crippen LogP contribution in [-0.4, -0.2) is 11.3 Å². The maximum Gasteiger partial charge on any atom is 0.151 e. The summed E-state index contributed by atoms with van der Waals surface area (Å²) in [6, 6.07) is 8.57. The van der Waals surface area contributed by atoms with Crippen LogP contribution in [0.5, 0.6) is 0 Å². The molecular formula is C16H15NOS. The van der Waals surface area contributed by atoms with Crippen LogP contribution in [0.2, 0.25) is 0 Å². The minimum absolute atomic E-state index is 0.635. The largest absolute Gasteiger partial charge is 0.298 e. The molecule has 0 saturated carbocycles. The van der Waals surface area contributed by atoms with Gasteiger partial charge in [0, 0.05) is 16.7 Å². The second-order valence-corrected chi connectivity index (χ2v) is 5.96. The van der Waals surface area contributed by atoms with Crippen molar-refractivity contribution < 1.29 is 4.79 Å². The number of carbonyl (C=O) groups excluding carboxylic acids is 1. The zero-order valence-corrected chi connectivity index (χ0v) is 11.7. The molecule has 0 bridgehead atoms. The molecule has 0 fully saturated rings. The number of nitrogens with zero attached hydrogens (tertiary/aromatic N) is 1. The van der Waals surface area contributed by atoms with Crippen LogP contribution >= 0.6 is 11.8 Å². The lowest BCUT2D eigenvalue weighted by Gasteiger charge is -2.07. The predicted molar refractivity (Wildman–Crippen MR) is 77.0 cm³/mol. The summed E-state index contributed by atoms with van der Waals surface area (Å²) in [5.41, 5.74) is 4.66. The highest BCUT2D eigenvalue weighted by molar-refractivity contribution is 7.99. The van der Waals surface area contributed by atoms with E-state index in [0.717, 1.165) is 16.9 Å². The van der Waals surface area contributed by atoms with Crippen LogP contribution in [0.3, 0.4) is 0 Å². The number of fused-ring (bicyclic) bond motifs is 1. The van der Waals surface area contributed by atoms with Gasteiger partial charge in [0.05, 0.1) is 0 Å². The zero-order chi connectivity index (χ0) is 13.2. The Labute approximate surface area is 117 Å². The molecule has 0 aliphatic heterocycles. The van der Waals surface area contributed by atoms with Crippen molar-refractivity contribution in [1.29, 1.82) is 0 Å². The van der Waals surface area contributed by atoms with Crippen LogP contribution in [0.25, 0.3) is 0 Å². The molecule has 0 saturated heterocycles. The van der Waals surface area contributed by atoms with E-state index >= 15 is 0 Å². The minimum atomic E-state index is 0.635. The summed E-state index contributed by atoms with van der Waals surface area (Å²) in [6.45, 7) is 2.00. The molecular weight excluding hydrogens is 254 g/mol. The van der Waals surface area contributed by atoms with E-state index in [1.165, 1.54) is 35.3 Å². The van der Waals surface area contributed by atoms with Gasteiger partial charge < -0.3 is 0 Å². The molecule has 1 aromatic heterocycles. The summed E-state index contributed by atoms with van der Waals surface area (Å²) in [5.74, 6) is 0. The fraction of sp³-hybridized carbons (Fsp3) is 0.250. The highest BCUT2D eigenvalue weighted by Crippen LogP contribution is 2.32. The fourth-order valence-corrected chi connectivity index (χ4v) is 3.36. The van der Waals surface area contributed by atoms with Gasteiger partial charge in [0.15, 0.2) is 6.29 Å². The molecule has 1 aliphatic carbocycles. The lowest BCUT2D eigenvalue weighted by atomic mass is 10.1. The van der Waals surface area contributed by atoms with Crippen molar-refractivity contribution in [2.24, 2.45) is 0 Å². The molecule has 19 heavy (non-hydrogen) atoms. The van der Waals surface area contributed by atoms with Gasteiger partial charge in [0.25, 0.3) is 0 Å². The molecule has 3 rings (SSSR count). The second kappa shape index (κ2) is 5.17. The molecule has 2 nitrogen and oxygen atoms in total. The molecule has 0 radical (unpaired) electrons. The number of aryl methyl sites for hydroxylation is 3. The van der Waals surface area contributed by atoms with Gasteiger partial charge in [0.1, 0.15) is 5.03 Å². The van der Waals surface area contributed by atoms with Crippen molar-refractivity contribution in [3.8, 4) is 0 Å². The van der Waals surface area contributed by atoms with Gasteiger partial charge in [-0.25, -0.2) is 4.98 Å². The third-order valence-electron chi connectivity index (χ3n) is 3.47. The number of hydrogen-bond donors (Lipinski definition) is 0. The van der Waals surface area contributed by atoms with Gasteiger partial charge in [-0.15, -0.1) is 0 Å². The molecule has 0 N–H and O–H groups in total. The number of aldehydes is 1. The quantitative estimate of drug-likeness (QED) is 0.793. The van der Waals surface area contributed by atoms with E-state index in [1.807, 2.05) is 13.0 Å². The Morgan fingerprint density at radius 2 is 2.05 bits per heavy atom. The molecule has 1 heterocycles. The smallest absolute Gasteiger partial charge is 0.151 e. The van der Waals surface area contributed by atoms with Crippen LogP contribution in [-0.2, 0) is 12.8 Å². The fourth-order valence-electron chi connectivity index (χ4n) is 2.48. The maximum absolute atomic E-state index is 10.7. The number of pyridine rings is 1. The summed E-state index contributed by atoms with van der Waals surface area (Å²) < 4.78 is 0. The molecule has 0 atom stereocenters. The average Bonchev–Trinajstić information content (AvgIpc) is 2.88. The number of aromatic nitrogens is 1. The molecule has 2 aromatic rings. The molecule has 0 unspecified atom stereocenters. The van der Waals surface area contributed by atoms with Crippen LogP contribution in [0.15, 0.2) is 40.4 Å². The third-order valence-corrected chi connectivity index (χ3v) is 4.58. The Kier molecular flexibility index (Phi) is 3.38. The summed E-state index contributed by atoms with van der Waals surface area (Å²) in [6.07, 6.45) is 6.15. The van der Waals surface area contributed by atoms with Crippen LogP contribution in [0, 0.1) is 6.92 Å². The van der Waals surface area contributed by atoms with Crippen molar-refractivity contribution in [2.75, 3.05) is 0 Å². The van der Waals surface area contributed by atoms with Crippen molar-refractivity contribution in [2.45, 2.75) is 36.1 Å². The highest BCUT2D eigenvalue weighted by atomic mass is 32.2. The summed E-state index contributed by atoms with van der Waals surface area (Å²) in [5, 5.41) is 0.976. The van der Waals surface area contributed by atoms with Crippen molar-refractivity contribution in [1.82, 2.24) is 4.98 Å². The van der Waals surface area contributed by atoms with Gasteiger partial charge in [-0.2, -0.15) is 0 Å². The van der Waals surface area contributed by atoms with E-state index in [0.29, 0.717) is 5.56 Å². The number of hydrogen-bond acceptors (Lipinski definition) is 3. The van der Waals surface area contributed by atoms with E-state index in [-0.39, 0.29) is 0 Å². The topological polar surface area (TPSA) is 30.0 Å². The SMILES string of the molecule is Cc1cc(C=O)cnc1Sc1ccc2c(c1)CCC2. The van der Waals surface area contributed by atoms with Gasteiger partial charge >= 0.3 is 0 Å². The normalized spacial score (nSPS) is 13.3. The monoisotopic (exact) mass is 269 g/mol. The summed E-state index contributed by atoms with van der Waals surface area (Å²) in [4.78, 5) is 16.3. The van der Waals surface area contributed by atoms with Gasteiger partial charge in [-0.3, -0.25) is 4.79 Å². The lowest BCUT2D eigenvalue weighted by Crippen LogP contribution is -1.90. The number of rotatable bonds is 3. The second-order valence-electron chi connectivity index (χ2n) is 4.89. The molecule has 1 aliphatic rings.